The van der Waals surface area contributed by atoms with Gasteiger partial charge < -0.3 is 9.30 Å². The van der Waals surface area contributed by atoms with Crippen molar-refractivity contribution in [3.8, 4) is 0 Å². The van der Waals surface area contributed by atoms with Gasteiger partial charge in [-0.15, -0.1) is 11.6 Å². The lowest BCUT2D eigenvalue weighted by Crippen LogP contribution is -2.31. The van der Waals surface area contributed by atoms with E-state index in [4.69, 9.17) is 16.3 Å². The largest absolute Gasteiger partial charge is 0.379 e. The summed E-state index contributed by atoms with van der Waals surface area (Å²) in [5.74, 6) is 1.37. The summed E-state index contributed by atoms with van der Waals surface area (Å²) in [6, 6.07) is 8.17. The first kappa shape index (κ1) is 11.1. The van der Waals surface area contributed by atoms with Crippen molar-refractivity contribution in [1.29, 1.82) is 0 Å². The zero-order valence-corrected chi connectivity index (χ0v) is 10.6. The van der Waals surface area contributed by atoms with E-state index in [1.165, 1.54) is 0 Å². The molecule has 4 heteroatoms. The van der Waals surface area contributed by atoms with E-state index in [0.717, 1.165) is 36.5 Å². The van der Waals surface area contributed by atoms with Crippen molar-refractivity contribution in [2.75, 3.05) is 13.2 Å². The summed E-state index contributed by atoms with van der Waals surface area (Å²) in [7, 11) is 0. The first-order chi connectivity index (χ1) is 8.24. The van der Waals surface area contributed by atoms with E-state index in [1.54, 1.807) is 0 Å². The summed E-state index contributed by atoms with van der Waals surface area (Å²) < 4.78 is 7.79. The molecule has 2 aromatic rings. The van der Waals surface area contributed by atoms with Crippen LogP contribution in [-0.2, 0) is 16.2 Å². The fourth-order valence-corrected chi connectivity index (χ4v) is 2.78. The van der Waals surface area contributed by atoms with Gasteiger partial charge in [-0.2, -0.15) is 0 Å². The Hall–Kier alpha value is -1.06. The molecular formula is C13H15ClN2O. The molecule has 0 bridgehead atoms. The van der Waals surface area contributed by atoms with Crippen LogP contribution in [0.3, 0.4) is 0 Å². The Balaban J connectivity index is 2.25. The average Bonchev–Trinajstić information content (AvgIpc) is 2.92. The van der Waals surface area contributed by atoms with Crippen LogP contribution in [-0.4, -0.2) is 22.8 Å². The van der Waals surface area contributed by atoms with Crippen LogP contribution in [0.1, 0.15) is 19.2 Å². The van der Waals surface area contributed by atoms with Gasteiger partial charge in [0.1, 0.15) is 5.82 Å². The Bertz CT molecular complexity index is 543. The van der Waals surface area contributed by atoms with E-state index in [1.807, 2.05) is 18.2 Å². The molecule has 17 heavy (non-hydrogen) atoms. The van der Waals surface area contributed by atoms with Gasteiger partial charge in [-0.25, -0.2) is 4.98 Å². The second kappa shape index (κ2) is 4.00. The van der Waals surface area contributed by atoms with Crippen LogP contribution >= 0.6 is 11.6 Å². The number of benzene rings is 1. The Morgan fingerprint density at radius 3 is 3.00 bits per heavy atom. The quantitative estimate of drug-likeness (QED) is 0.767. The maximum absolute atomic E-state index is 6.02. The van der Waals surface area contributed by atoms with Gasteiger partial charge in [0.15, 0.2) is 0 Å². The molecule has 90 valence electrons. The standard InChI is InChI=1S/C13H15ClN2O/c1-13(6-7-17-9-13)16-11-5-3-2-4-10(11)15-12(16)8-14/h2-5H,6-9H2,1H3. The monoisotopic (exact) mass is 250 g/mol. The zero-order valence-electron chi connectivity index (χ0n) is 9.82. The fraction of sp³-hybridized carbons (Fsp3) is 0.462. The second-order valence-electron chi connectivity index (χ2n) is 4.79. The van der Waals surface area contributed by atoms with Crippen molar-refractivity contribution in [3.05, 3.63) is 30.1 Å². The molecule has 0 N–H and O–H groups in total. The minimum absolute atomic E-state index is 0.0136. The maximum atomic E-state index is 6.02. The lowest BCUT2D eigenvalue weighted by atomic mass is 10.0. The molecule has 1 aromatic carbocycles. The van der Waals surface area contributed by atoms with Gasteiger partial charge in [-0.05, 0) is 25.5 Å². The number of hydrogen-bond acceptors (Lipinski definition) is 2. The minimum atomic E-state index is -0.0136. The van der Waals surface area contributed by atoms with Gasteiger partial charge >= 0.3 is 0 Å². The maximum Gasteiger partial charge on any atom is 0.125 e. The van der Waals surface area contributed by atoms with E-state index in [0.29, 0.717) is 5.88 Å². The highest BCUT2D eigenvalue weighted by Gasteiger charge is 2.34. The highest BCUT2D eigenvalue weighted by atomic mass is 35.5. The smallest absolute Gasteiger partial charge is 0.125 e. The second-order valence-corrected chi connectivity index (χ2v) is 5.05. The van der Waals surface area contributed by atoms with Crippen LogP contribution in [0.2, 0.25) is 0 Å². The van der Waals surface area contributed by atoms with Crippen molar-refractivity contribution in [1.82, 2.24) is 9.55 Å². The molecule has 1 saturated heterocycles. The van der Waals surface area contributed by atoms with Crippen LogP contribution in [0.25, 0.3) is 11.0 Å². The Morgan fingerprint density at radius 1 is 1.47 bits per heavy atom. The minimum Gasteiger partial charge on any atom is -0.379 e. The van der Waals surface area contributed by atoms with E-state index in [2.05, 4.69) is 22.5 Å². The fourth-order valence-electron chi connectivity index (χ4n) is 2.60. The van der Waals surface area contributed by atoms with Crippen molar-refractivity contribution in [3.63, 3.8) is 0 Å². The Morgan fingerprint density at radius 2 is 2.29 bits per heavy atom. The highest BCUT2D eigenvalue weighted by molar-refractivity contribution is 6.16. The predicted octanol–water partition coefficient (Wildman–Crippen LogP) is 2.91. The molecule has 1 fully saturated rings. The molecule has 1 aromatic heterocycles. The summed E-state index contributed by atoms with van der Waals surface area (Å²) in [5.41, 5.74) is 2.15. The lowest BCUT2D eigenvalue weighted by Gasteiger charge is -2.26. The Kier molecular flexibility index (Phi) is 2.60. The SMILES string of the molecule is CC1(n2c(CCl)nc3ccccc32)CCOC1. The summed E-state index contributed by atoms with van der Waals surface area (Å²) >= 11 is 6.02. The third kappa shape index (κ3) is 1.65. The molecule has 1 unspecified atom stereocenters. The number of aromatic nitrogens is 2. The van der Waals surface area contributed by atoms with Gasteiger partial charge in [0.05, 0.1) is 29.1 Å². The molecule has 0 radical (unpaired) electrons. The van der Waals surface area contributed by atoms with E-state index >= 15 is 0 Å². The molecule has 0 aliphatic carbocycles. The van der Waals surface area contributed by atoms with Crippen LogP contribution in [0, 0.1) is 0 Å². The van der Waals surface area contributed by atoms with Crippen molar-refractivity contribution >= 4 is 22.6 Å². The molecule has 1 aliphatic rings. The molecule has 3 nitrogen and oxygen atoms in total. The van der Waals surface area contributed by atoms with Gasteiger partial charge in [0.2, 0.25) is 0 Å². The molecule has 0 saturated carbocycles. The third-order valence-corrected chi connectivity index (χ3v) is 3.73. The van der Waals surface area contributed by atoms with Crippen molar-refractivity contribution in [2.24, 2.45) is 0 Å². The van der Waals surface area contributed by atoms with Gasteiger partial charge in [-0.3, -0.25) is 0 Å². The molecule has 1 aliphatic heterocycles. The number of para-hydroxylation sites is 2. The van der Waals surface area contributed by atoms with E-state index in [-0.39, 0.29) is 5.54 Å². The molecule has 3 rings (SSSR count). The van der Waals surface area contributed by atoms with Crippen LogP contribution in [0.4, 0.5) is 0 Å². The lowest BCUT2D eigenvalue weighted by molar-refractivity contribution is 0.162. The number of hydrogen-bond donors (Lipinski definition) is 0. The topological polar surface area (TPSA) is 27.1 Å². The summed E-state index contributed by atoms with van der Waals surface area (Å²) in [5, 5.41) is 0. The number of nitrogens with zero attached hydrogens (tertiary/aromatic N) is 2. The van der Waals surface area contributed by atoms with E-state index in [9.17, 15) is 0 Å². The third-order valence-electron chi connectivity index (χ3n) is 3.49. The number of fused-ring (bicyclic) bond motifs is 1. The first-order valence-electron chi connectivity index (χ1n) is 5.85. The van der Waals surface area contributed by atoms with Crippen LogP contribution in [0.15, 0.2) is 24.3 Å². The molecule has 1 atom stereocenters. The zero-order chi connectivity index (χ0) is 11.9. The van der Waals surface area contributed by atoms with Gasteiger partial charge in [0.25, 0.3) is 0 Å². The number of halogens is 1. The summed E-state index contributed by atoms with van der Waals surface area (Å²) in [6.07, 6.45) is 1.01. The van der Waals surface area contributed by atoms with Crippen LogP contribution in [0.5, 0.6) is 0 Å². The average molecular weight is 251 g/mol. The number of ether oxygens (including phenoxy) is 1. The highest BCUT2D eigenvalue weighted by Crippen LogP contribution is 2.32. The molecular weight excluding hydrogens is 236 g/mol. The predicted molar refractivity (Wildman–Crippen MR) is 68.4 cm³/mol. The number of imidazole rings is 1. The molecule has 0 amide bonds. The number of alkyl halides is 1. The first-order valence-corrected chi connectivity index (χ1v) is 6.39. The molecule has 0 spiro atoms. The molecule has 2 heterocycles. The van der Waals surface area contributed by atoms with Crippen molar-refractivity contribution < 1.29 is 4.74 Å². The Labute approximate surface area is 105 Å². The van der Waals surface area contributed by atoms with Gasteiger partial charge in [0, 0.05) is 6.61 Å². The van der Waals surface area contributed by atoms with Gasteiger partial charge in [-0.1, -0.05) is 12.1 Å². The normalized spacial score (nSPS) is 24.6. The summed E-state index contributed by atoms with van der Waals surface area (Å²) in [4.78, 5) is 4.60. The van der Waals surface area contributed by atoms with Crippen molar-refractivity contribution in [2.45, 2.75) is 24.8 Å². The summed E-state index contributed by atoms with van der Waals surface area (Å²) in [6.45, 7) is 3.76. The number of rotatable bonds is 2. The van der Waals surface area contributed by atoms with Crippen LogP contribution < -0.4 is 0 Å². The van der Waals surface area contributed by atoms with E-state index < -0.39 is 0 Å².